The second-order valence-electron chi connectivity index (χ2n) is 6.03. The van der Waals surface area contributed by atoms with Gasteiger partial charge in [-0.1, -0.05) is 42.8 Å². The molecule has 0 radical (unpaired) electrons. The minimum absolute atomic E-state index is 0.111. The van der Waals surface area contributed by atoms with Gasteiger partial charge >= 0.3 is 0 Å². The molecular weight excluding hydrogens is 370 g/mol. The normalized spacial score (nSPS) is 12.7. The Hall–Kier alpha value is -2.37. The van der Waals surface area contributed by atoms with Crippen molar-refractivity contribution in [2.24, 2.45) is 0 Å². The van der Waals surface area contributed by atoms with Gasteiger partial charge in [-0.25, -0.2) is 13.4 Å². The van der Waals surface area contributed by atoms with E-state index in [0.29, 0.717) is 27.9 Å². The molecule has 0 aliphatic heterocycles. The van der Waals surface area contributed by atoms with Crippen molar-refractivity contribution in [3.63, 3.8) is 0 Å². The van der Waals surface area contributed by atoms with Crippen LogP contribution in [0.2, 0.25) is 5.02 Å². The molecule has 1 aromatic heterocycles. The van der Waals surface area contributed by atoms with Gasteiger partial charge in [-0.2, -0.15) is 0 Å². The zero-order chi connectivity index (χ0) is 18.9. The number of allylic oxidation sites excluding steroid dienone is 1. The maximum Gasteiger partial charge on any atom is 0.202 e. The third-order valence-corrected chi connectivity index (χ3v) is 5.44. The summed E-state index contributed by atoms with van der Waals surface area (Å²) in [5, 5.41) is 0.603. The molecule has 1 unspecified atom stereocenters. The van der Waals surface area contributed by atoms with Crippen molar-refractivity contribution in [1.29, 1.82) is 0 Å². The van der Waals surface area contributed by atoms with Crippen LogP contribution in [0.25, 0.3) is 22.6 Å². The number of sulfone groups is 1. The predicted octanol–water partition coefficient (Wildman–Crippen LogP) is 5.36. The van der Waals surface area contributed by atoms with Crippen LogP contribution in [0.1, 0.15) is 18.7 Å². The van der Waals surface area contributed by atoms with Crippen molar-refractivity contribution in [3.8, 4) is 22.6 Å². The highest BCUT2D eigenvalue weighted by atomic mass is 35.5. The summed E-state index contributed by atoms with van der Waals surface area (Å²) >= 11 is 5.98. The Morgan fingerprint density at radius 1 is 1.15 bits per heavy atom. The fourth-order valence-electron chi connectivity index (χ4n) is 2.60. The topological polar surface area (TPSA) is 60.2 Å². The summed E-state index contributed by atoms with van der Waals surface area (Å²) in [5.74, 6) is 0.866. The number of aromatic nitrogens is 1. The van der Waals surface area contributed by atoms with Gasteiger partial charge in [0.25, 0.3) is 0 Å². The third kappa shape index (κ3) is 3.59. The van der Waals surface area contributed by atoms with Crippen molar-refractivity contribution >= 4 is 21.4 Å². The van der Waals surface area contributed by atoms with E-state index in [4.69, 9.17) is 16.0 Å². The SMILES string of the molecule is C=CC(C)c1nc(-c2ccccc2S(C)(=O)=O)c(-c2ccc(Cl)cc2)o1. The highest BCUT2D eigenvalue weighted by Crippen LogP contribution is 2.37. The van der Waals surface area contributed by atoms with Gasteiger partial charge in [0.1, 0.15) is 5.69 Å². The number of hydrogen-bond donors (Lipinski definition) is 0. The van der Waals surface area contributed by atoms with Crippen LogP contribution < -0.4 is 0 Å². The molecule has 1 heterocycles. The molecule has 2 aromatic carbocycles. The lowest BCUT2D eigenvalue weighted by molar-refractivity contribution is 0.495. The van der Waals surface area contributed by atoms with Crippen LogP contribution in [0, 0.1) is 0 Å². The van der Waals surface area contributed by atoms with E-state index in [1.54, 1.807) is 42.5 Å². The number of oxazole rings is 1. The molecule has 0 aliphatic rings. The van der Waals surface area contributed by atoms with Crippen LogP contribution in [0.5, 0.6) is 0 Å². The maximum atomic E-state index is 12.2. The maximum absolute atomic E-state index is 12.2. The second-order valence-corrected chi connectivity index (χ2v) is 8.45. The minimum Gasteiger partial charge on any atom is -0.439 e. The standard InChI is InChI=1S/C20H18ClNO3S/c1-4-13(2)20-22-18(16-7-5-6-8-17(16)26(3,23)24)19(25-20)14-9-11-15(21)12-10-14/h4-13H,1H2,2-3H3. The van der Waals surface area contributed by atoms with E-state index in [-0.39, 0.29) is 10.8 Å². The fraction of sp³-hybridized carbons (Fsp3) is 0.150. The van der Waals surface area contributed by atoms with Gasteiger partial charge in [0, 0.05) is 22.4 Å². The molecule has 3 rings (SSSR count). The van der Waals surface area contributed by atoms with Crippen LogP contribution in [-0.2, 0) is 9.84 Å². The quantitative estimate of drug-likeness (QED) is 0.553. The minimum atomic E-state index is -3.43. The van der Waals surface area contributed by atoms with Gasteiger partial charge in [-0.15, -0.1) is 6.58 Å². The van der Waals surface area contributed by atoms with E-state index < -0.39 is 9.84 Å². The zero-order valence-corrected chi connectivity index (χ0v) is 16.0. The van der Waals surface area contributed by atoms with Gasteiger partial charge in [-0.3, -0.25) is 0 Å². The van der Waals surface area contributed by atoms with E-state index in [2.05, 4.69) is 11.6 Å². The first-order chi connectivity index (χ1) is 12.3. The first kappa shape index (κ1) is 18.4. The molecule has 26 heavy (non-hydrogen) atoms. The molecule has 0 aliphatic carbocycles. The van der Waals surface area contributed by atoms with Crippen LogP contribution in [0.15, 0.2) is 70.5 Å². The van der Waals surface area contributed by atoms with Crippen molar-refractivity contribution in [1.82, 2.24) is 4.98 Å². The smallest absolute Gasteiger partial charge is 0.202 e. The first-order valence-corrected chi connectivity index (χ1v) is 10.3. The molecule has 0 saturated heterocycles. The summed E-state index contributed by atoms with van der Waals surface area (Å²) in [6, 6.07) is 13.9. The van der Waals surface area contributed by atoms with E-state index in [9.17, 15) is 8.42 Å². The van der Waals surface area contributed by atoms with Crippen molar-refractivity contribution < 1.29 is 12.8 Å². The molecule has 134 valence electrons. The Labute approximate surface area is 158 Å². The molecule has 3 aromatic rings. The Balaban J connectivity index is 2.29. The van der Waals surface area contributed by atoms with Crippen LogP contribution in [-0.4, -0.2) is 19.7 Å². The molecule has 0 amide bonds. The molecule has 0 N–H and O–H groups in total. The van der Waals surface area contributed by atoms with Gasteiger partial charge in [-0.05, 0) is 30.3 Å². The lowest BCUT2D eigenvalue weighted by atomic mass is 10.1. The molecule has 0 fully saturated rings. The summed E-state index contributed by atoms with van der Waals surface area (Å²) in [7, 11) is -3.43. The summed E-state index contributed by atoms with van der Waals surface area (Å²) in [5.41, 5.74) is 1.76. The Bertz CT molecular complexity index is 1050. The monoisotopic (exact) mass is 387 g/mol. The number of nitrogens with zero attached hydrogens (tertiary/aromatic N) is 1. The van der Waals surface area contributed by atoms with Crippen molar-refractivity contribution in [3.05, 3.63) is 72.1 Å². The molecule has 0 spiro atoms. The highest BCUT2D eigenvalue weighted by molar-refractivity contribution is 7.90. The molecule has 0 saturated carbocycles. The lowest BCUT2D eigenvalue weighted by Gasteiger charge is -2.07. The van der Waals surface area contributed by atoms with E-state index in [0.717, 1.165) is 5.56 Å². The summed E-state index contributed by atoms with van der Waals surface area (Å²) in [4.78, 5) is 4.80. The van der Waals surface area contributed by atoms with Gasteiger partial charge < -0.3 is 4.42 Å². The highest BCUT2D eigenvalue weighted by Gasteiger charge is 2.23. The Morgan fingerprint density at radius 2 is 1.81 bits per heavy atom. The second kappa shape index (κ2) is 7.09. The molecule has 1 atom stereocenters. The lowest BCUT2D eigenvalue weighted by Crippen LogP contribution is -2.00. The van der Waals surface area contributed by atoms with E-state index >= 15 is 0 Å². The van der Waals surface area contributed by atoms with Gasteiger partial charge in [0.2, 0.25) is 5.89 Å². The fourth-order valence-corrected chi connectivity index (χ4v) is 3.61. The van der Waals surface area contributed by atoms with Crippen LogP contribution >= 0.6 is 11.6 Å². The molecule has 4 nitrogen and oxygen atoms in total. The van der Waals surface area contributed by atoms with E-state index in [1.165, 1.54) is 6.26 Å². The molecular formula is C20H18ClNO3S. The number of halogens is 1. The largest absolute Gasteiger partial charge is 0.439 e. The predicted molar refractivity (Wildman–Crippen MR) is 104 cm³/mol. The van der Waals surface area contributed by atoms with Crippen molar-refractivity contribution in [2.75, 3.05) is 6.26 Å². The summed E-state index contributed by atoms with van der Waals surface area (Å²) < 4.78 is 30.4. The number of rotatable bonds is 5. The molecule has 6 heteroatoms. The van der Waals surface area contributed by atoms with Gasteiger partial charge in [0.05, 0.1) is 10.8 Å². The third-order valence-electron chi connectivity index (χ3n) is 4.03. The average Bonchev–Trinajstić information content (AvgIpc) is 3.06. The average molecular weight is 388 g/mol. The Morgan fingerprint density at radius 3 is 2.42 bits per heavy atom. The van der Waals surface area contributed by atoms with Crippen molar-refractivity contribution in [2.45, 2.75) is 17.7 Å². The van der Waals surface area contributed by atoms with Crippen LogP contribution in [0.4, 0.5) is 0 Å². The summed E-state index contributed by atoms with van der Waals surface area (Å²) in [6.45, 7) is 5.69. The number of benzene rings is 2. The van der Waals surface area contributed by atoms with Gasteiger partial charge in [0.15, 0.2) is 15.6 Å². The first-order valence-electron chi connectivity index (χ1n) is 8.00. The summed E-state index contributed by atoms with van der Waals surface area (Å²) in [6.07, 6.45) is 2.91. The zero-order valence-electron chi connectivity index (χ0n) is 14.4. The van der Waals surface area contributed by atoms with E-state index in [1.807, 2.05) is 19.1 Å². The van der Waals surface area contributed by atoms with Crippen LogP contribution in [0.3, 0.4) is 0 Å². The Kier molecular flexibility index (Phi) is 5.03. The number of hydrogen-bond acceptors (Lipinski definition) is 4. The molecule has 0 bridgehead atoms.